The van der Waals surface area contributed by atoms with Gasteiger partial charge in [-0.15, -0.1) is 11.3 Å². The van der Waals surface area contributed by atoms with Gasteiger partial charge in [0.05, 0.1) is 16.3 Å². The second-order valence-corrected chi connectivity index (χ2v) is 6.34. The Bertz CT molecular complexity index is 597. The first-order chi connectivity index (χ1) is 9.04. The zero-order valence-electron chi connectivity index (χ0n) is 10.9. The molecule has 1 heterocycles. The molecule has 0 saturated heterocycles. The zero-order valence-corrected chi connectivity index (χ0v) is 12.5. The van der Waals surface area contributed by atoms with Crippen LogP contribution in [0.2, 0.25) is 5.02 Å². The molecular weight excluding hydrogens is 276 g/mol. The summed E-state index contributed by atoms with van der Waals surface area (Å²) in [6.07, 6.45) is 0. The van der Waals surface area contributed by atoms with Crippen LogP contribution in [-0.2, 0) is 5.41 Å². The predicted octanol–water partition coefficient (Wildman–Crippen LogP) is 4.66. The quantitative estimate of drug-likeness (QED) is 0.889. The third kappa shape index (κ3) is 3.09. The molecule has 0 bridgehead atoms. The molecule has 0 saturated carbocycles. The molecule has 1 aromatic heterocycles. The number of nitrogens with zero attached hydrogens (tertiary/aromatic N) is 1. The maximum Gasteiger partial charge on any atom is 0.103 e. The molecule has 0 unspecified atom stereocenters. The van der Waals surface area contributed by atoms with Crippen molar-refractivity contribution in [2.75, 3.05) is 11.9 Å². The number of anilines is 1. The lowest BCUT2D eigenvalue weighted by Crippen LogP contribution is -2.26. The molecule has 2 aromatic rings. The fraction of sp³-hybridized carbons (Fsp3) is 0.267. The van der Waals surface area contributed by atoms with E-state index < -0.39 is 0 Å². The normalized spacial score (nSPS) is 11.1. The van der Waals surface area contributed by atoms with E-state index in [0.29, 0.717) is 10.6 Å². The van der Waals surface area contributed by atoms with Gasteiger partial charge in [-0.1, -0.05) is 37.6 Å². The van der Waals surface area contributed by atoms with Crippen molar-refractivity contribution in [2.24, 2.45) is 0 Å². The maximum atomic E-state index is 9.14. The highest BCUT2D eigenvalue weighted by Gasteiger charge is 2.22. The summed E-state index contributed by atoms with van der Waals surface area (Å²) in [7, 11) is 0. The maximum absolute atomic E-state index is 9.14. The Morgan fingerprint density at radius 1 is 1.32 bits per heavy atom. The van der Waals surface area contributed by atoms with Gasteiger partial charge in [-0.05, 0) is 23.6 Å². The fourth-order valence-corrected chi connectivity index (χ4v) is 2.92. The van der Waals surface area contributed by atoms with Crippen molar-refractivity contribution in [3.8, 4) is 6.07 Å². The molecule has 0 radical (unpaired) electrons. The van der Waals surface area contributed by atoms with Crippen LogP contribution in [0.3, 0.4) is 0 Å². The number of hydrogen-bond donors (Lipinski definition) is 1. The minimum atomic E-state index is 0.0171. The number of rotatable bonds is 4. The molecule has 0 aliphatic rings. The van der Waals surface area contributed by atoms with Gasteiger partial charge in [0.15, 0.2) is 0 Å². The van der Waals surface area contributed by atoms with E-state index in [4.69, 9.17) is 16.9 Å². The van der Waals surface area contributed by atoms with Crippen molar-refractivity contribution < 1.29 is 0 Å². The number of hydrogen-bond acceptors (Lipinski definition) is 3. The number of thiophene rings is 1. The van der Waals surface area contributed by atoms with Crippen LogP contribution in [0, 0.1) is 11.3 Å². The third-order valence-corrected chi connectivity index (χ3v) is 4.59. The summed E-state index contributed by atoms with van der Waals surface area (Å²) in [5.41, 5.74) is 1.31. The van der Waals surface area contributed by atoms with E-state index in [0.717, 1.165) is 12.2 Å². The van der Waals surface area contributed by atoms with E-state index in [1.165, 1.54) is 4.88 Å². The van der Waals surface area contributed by atoms with Crippen molar-refractivity contribution in [3.05, 3.63) is 51.2 Å². The Labute approximate surface area is 122 Å². The molecule has 1 N–H and O–H groups in total. The highest BCUT2D eigenvalue weighted by molar-refractivity contribution is 7.10. The summed E-state index contributed by atoms with van der Waals surface area (Å²) < 4.78 is 0. The molecule has 0 aliphatic carbocycles. The van der Waals surface area contributed by atoms with Gasteiger partial charge in [-0.2, -0.15) is 5.26 Å². The van der Waals surface area contributed by atoms with E-state index in [1.54, 1.807) is 17.4 Å². The number of benzene rings is 1. The Balaban J connectivity index is 2.16. The molecule has 0 spiro atoms. The fourth-order valence-electron chi connectivity index (χ4n) is 1.85. The molecule has 19 heavy (non-hydrogen) atoms. The van der Waals surface area contributed by atoms with Gasteiger partial charge in [0.2, 0.25) is 0 Å². The summed E-state index contributed by atoms with van der Waals surface area (Å²) >= 11 is 7.77. The first-order valence-corrected chi connectivity index (χ1v) is 7.27. The van der Waals surface area contributed by atoms with Crippen molar-refractivity contribution in [2.45, 2.75) is 19.3 Å². The van der Waals surface area contributed by atoms with Gasteiger partial charge in [-0.25, -0.2) is 0 Å². The van der Waals surface area contributed by atoms with Gasteiger partial charge in [0, 0.05) is 16.8 Å². The highest BCUT2D eigenvalue weighted by atomic mass is 35.5. The lowest BCUT2D eigenvalue weighted by atomic mass is 9.91. The average Bonchev–Trinajstić information content (AvgIpc) is 2.91. The van der Waals surface area contributed by atoms with Gasteiger partial charge < -0.3 is 5.32 Å². The van der Waals surface area contributed by atoms with E-state index in [1.807, 2.05) is 12.1 Å². The molecule has 98 valence electrons. The van der Waals surface area contributed by atoms with Crippen LogP contribution in [0.25, 0.3) is 0 Å². The van der Waals surface area contributed by atoms with Crippen molar-refractivity contribution in [3.63, 3.8) is 0 Å². The Hall–Kier alpha value is -1.50. The van der Waals surface area contributed by atoms with E-state index in [2.05, 4.69) is 42.7 Å². The summed E-state index contributed by atoms with van der Waals surface area (Å²) in [5.74, 6) is 0. The van der Waals surface area contributed by atoms with Crippen LogP contribution in [0.15, 0.2) is 35.7 Å². The summed E-state index contributed by atoms with van der Waals surface area (Å²) in [5, 5.41) is 15.0. The van der Waals surface area contributed by atoms with Crippen molar-refractivity contribution in [1.29, 1.82) is 5.26 Å². The van der Waals surface area contributed by atoms with Gasteiger partial charge >= 0.3 is 0 Å². The molecule has 4 heteroatoms. The topological polar surface area (TPSA) is 35.8 Å². The number of halogens is 1. The van der Waals surface area contributed by atoms with E-state index in [9.17, 15) is 0 Å². The summed E-state index contributed by atoms with van der Waals surface area (Å²) in [6, 6.07) is 11.8. The number of nitriles is 1. The first-order valence-electron chi connectivity index (χ1n) is 6.01. The lowest BCUT2D eigenvalue weighted by Gasteiger charge is -2.24. The SMILES string of the molecule is CC(C)(CNc1cccc(Cl)c1C#N)c1cccs1. The molecule has 0 atom stereocenters. The third-order valence-electron chi connectivity index (χ3n) is 3.03. The second-order valence-electron chi connectivity index (χ2n) is 4.99. The molecule has 2 rings (SSSR count). The van der Waals surface area contributed by atoms with Gasteiger partial charge in [0.25, 0.3) is 0 Å². The van der Waals surface area contributed by atoms with Gasteiger partial charge in [-0.3, -0.25) is 0 Å². The van der Waals surface area contributed by atoms with Crippen LogP contribution < -0.4 is 5.32 Å². The molecule has 0 amide bonds. The van der Waals surface area contributed by atoms with E-state index in [-0.39, 0.29) is 5.41 Å². The molecule has 0 aliphatic heterocycles. The first kappa shape index (κ1) is 13.9. The average molecular weight is 291 g/mol. The highest BCUT2D eigenvalue weighted by Crippen LogP contribution is 2.29. The largest absolute Gasteiger partial charge is 0.383 e. The molecule has 1 aromatic carbocycles. The lowest BCUT2D eigenvalue weighted by molar-refractivity contribution is 0.569. The zero-order chi connectivity index (χ0) is 13.9. The van der Waals surface area contributed by atoms with Crippen LogP contribution in [0.1, 0.15) is 24.3 Å². The summed E-state index contributed by atoms with van der Waals surface area (Å²) in [4.78, 5) is 1.32. The molecule has 0 fully saturated rings. The Morgan fingerprint density at radius 3 is 2.74 bits per heavy atom. The van der Waals surface area contributed by atoms with Crippen LogP contribution >= 0.6 is 22.9 Å². The minimum absolute atomic E-state index is 0.0171. The Kier molecular flexibility index (Phi) is 4.14. The monoisotopic (exact) mass is 290 g/mol. The van der Waals surface area contributed by atoms with Crippen molar-refractivity contribution >= 4 is 28.6 Å². The molecule has 2 nitrogen and oxygen atoms in total. The molecular formula is C15H15ClN2S. The minimum Gasteiger partial charge on any atom is -0.383 e. The van der Waals surface area contributed by atoms with Gasteiger partial charge in [0.1, 0.15) is 6.07 Å². The smallest absolute Gasteiger partial charge is 0.103 e. The second kappa shape index (κ2) is 5.64. The van der Waals surface area contributed by atoms with Crippen molar-refractivity contribution in [1.82, 2.24) is 0 Å². The summed E-state index contributed by atoms with van der Waals surface area (Å²) in [6.45, 7) is 5.12. The predicted molar refractivity (Wildman–Crippen MR) is 82.0 cm³/mol. The van der Waals surface area contributed by atoms with Crippen LogP contribution in [0.4, 0.5) is 5.69 Å². The van der Waals surface area contributed by atoms with Crippen LogP contribution in [0.5, 0.6) is 0 Å². The Morgan fingerprint density at radius 2 is 2.11 bits per heavy atom. The van der Waals surface area contributed by atoms with E-state index >= 15 is 0 Å². The number of nitrogens with one attached hydrogen (secondary N) is 1. The van der Waals surface area contributed by atoms with Crippen LogP contribution in [-0.4, -0.2) is 6.54 Å². The standard InChI is InChI=1S/C15H15ClN2S/c1-15(2,14-7-4-8-19-14)10-18-13-6-3-5-12(16)11(13)9-17/h3-8,18H,10H2,1-2H3.